The molecule has 116 valence electrons. The molecule has 0 bridgehead atoms. The number of amides is 2. The maximum Gasteiger partial charge on any atom is 0.251 e. The number of nitrogens with one attached hydrogen (secondary N) is 2. The monoisotopic (exact) mass is 302 g/mol. The molecule has 2 rings (SSSR count). The van der Waals surface area contributed by atoms with Gasteiger partial charge in [-0.05, 0) is 35.0 Å². The van der Waals surface area contributed by atoms with Crippen LogP contribution >= 0.6 is 0 Å². The number of nitrogens with zero attached hydrogens (tertiary/aromatic N) is 4. The summed E-state index contributed by atoms with van der Waals surface area (Å²) in [6.45, 7) is 2.59. The summed E-state index contributed by atoms with van der Waals surface area (Å²) in [5.41, 5.74) is 1.44. The van der Waals surface area contributed by atoms with E-state index in [2.05, 4.69) is 26.2 Å². The molecule has 0 aliphatic rings. The molecule has 8 nitrogen and oxygen atoms in total. The van der Waals surface area contributed by atoms with Crippen LogP contribution in [0.5, 0.6) is 0 Å². The van der Waals surface area contributed by atoms with Gasteiger partial charge >= 0.3 is 0 Å². The summed E-state index contributed by atoms with van der Waals surface area (Å²) in [5, 5.41) is 16.4. The van der Waals surface area contributed by atoms with Crippen molar-refractivity contribution in [1.82, 2.24) is 30.8 Å². The third kappa shape index (κ3) is 4.11. The molecule has 1 aromatic carbocycles. The van der Waals surface area contributed by atoms with Crippen LogP contribution in [-0.2, 0) is 17.9 Å². The first kappa shape index (κ1) is 15.6. The molecule has 0 atom stereocenters. The first-order valence-electron chi connectivity index (χ1n) is 6.90. The van der Waals surface area contributed by atoms with E-state index in [0.717, 1.165) is 5.56 Å². The van der Waals surface area contributed by atoms with Crippen LogP contribution in [0.2, 0.25) is 0 Å². The lowest BCUT2D eigenvalue weighted by Gasteiger charge is -2.07. The summed E-state index contributed by atoms with van der Waals surface area (Å²) in [6, 6.07) is 7.13. The minimum atomic E-state index is -0.151. The van der Waals surface area contributed by atoms with Gasteiger partial charge in [-0.2, -0.15) is 0 Å². The summed E-state index contributed by atoms with van der Waals surface area (Å²) in [6.07, 6.45) is 0.293. The predicted octanol–water partition coefficient (Wildman–Crippen LogP) is 0.0476. The number of tetrazole rings is 1. The van der Waals surface area contributed by atoms with Crippen LogP contribution in [0.3, 0.4) is 0 Å². The fourth-order valence-corrected chi connectivity index (χ4v) is 1.92. The lowest BCUT2D eigenvalue weighted by atomic mass is 10.1. The first-order valence-corrected chi connectivity index (χ1v) is 6.90. The zero-order chi connectivity index (χ0) is 15.9. The Morgan fingerprint density at radius 1 is 1.32 bits per heavy atom. The van der Waals surface area contributed by atoms with Crippen molar-refractivity contribution >= 4 is 11.8 Å². The van der Waals surface area contributed by atoms with Gasteiger partial charge in [-0.15, -0.1) is 5.10 Å². The number of hydrogen-bond donors (Lipinski definition) is 2. The number of aryl methyl sites for hydroxylation is 2. The second-order valence-electron chi connectivity index (χ2n) is 4.76. The predicted molar refractivity (Wildman–Crippen MR) is 78.8 cm³/mol. The molecule has 8 heteroatoms. The van der Waals surface area contributed by atoms with Gasteiger partial charge in [0.05, 0.1) is 6.54 Å². The minimum Gasteiger partial charge on any atom is -0.355 e. The van der Waals surface area contributed by atoms with Crippen molar-refractivity contribution in [2.45, 2.75) is 26.4 Å². The van der Waals surface area contributed by atoms with Crippen molar-refractivity contribution in [2.24, 2.45) is 0 Å². The van der Waals surface area contributed by atoms with Gasteiger partial charge in [-0.1, -0.05) is 12.1 Å². The van der Waals surface area contributed by atoms with Gasteiger partial charge in [0, 0.05) is 25.6 Å². The molecule has 22 heavy (non-hydrogen) atoms. The summed E-state index contributed by atoms with van der Waals surface area (Å²) in [7, 11) is 1.58. The smallest absolute Gasteiger partial charge is 0.251 e. The highest BCUT2D eigenvalue weighted by Gasteiger charge is 2.07. The Bertz CT molecular complexity index is 667. The lowest BCUT2D eigenvalue weighted by Crippen LogP contribution is -2.24. The average molecular weight is 302 g/mol. The van der Waals surface area contributed by atoms with Crippen molar-refractivity contribution in [3.05, 3.63) is 41.2 Å². The Morgan fingerprint density at radius 3 is 2.82 bits per heavy atom. The van der Waals surface area contributed by atoms with Gasteiger partial charge < -0.3 is 10.6 Å². The first-order chi connectivity index (χ1) is 10.6. The summed E-state index contributed by atoms with van der Waals surface area (Å²) >= 11 is 0. The van der Waals surface area contributed by atoms with E-state index < -0.39 is 0 Å². The Morgan fingerprint density at radius 2 is 2.14 bits per heavy atom. The van der Waals surface area contributed by atoms with Crippen molar-refractivity contribution in [1.29, 1.82) is 0 Å². The molecule has 0 saturated heterocycles. The fraction of sp³-hybridized carbons (Fsp3) is 0.357. The van der Waals surface area contributed by atoms with E-state index in [9.17, 15) is 9.59 Å². The van der Waals surface area contributed by atoms with Crippen LogP contribution in [-0.4, -0.2) is 39.1 Å². The molecular weight excluding hydrogens is 284 g/mol. The zero-order valence-electron chi connectivity index (χ0n) is 12.5. The molecule has 0 aliphatic heterocycles. The van der Waals surface area contributed by atoms with Gasteiger partial charge in [-0.3, -0.25) is 9.59 Å². The molecular formula is C14H18N6O2. The Labute approximate surface area is 127 Å². The molecule has 0 spiro atoms. The summed E-state index contributed by atoms with van der Waals surface area (Å²) in [5.74, 6) is 0.425. The molecule has 1 aromatic heterocycles. The van der Waals surface area contributed by atoms with Crippen molar-refractivity contribution in [3.63, 3.8) is 0 Å². The van der Waals surface area contributed by atoms with Gasteiger partial charge in [0.1, 0.15) is 5.82 Å². The highest BCUT2D eigenvalue weighted by molar-refractivity contribution is 5.94. The van der Waals surface area contributed by atoms with Crippen LogP contribution in [0.4, 0.5) is 0 Å². The summed E-state index contributed by atoms with van der Waals surface area (Å²) < 4.78 is 1.58. The number of carbonyl (C=O) groups is 2. The van der Waals surface area contributed by atoms with Gasteiger partial charge in [-0.25, -0.2) is 4.68 Å². The molecule has 1 heterocycles. The summed E-state index contributed by atoms with van der Waals surface area (Å²) in [4.78, 5) is 23.4. The van der Waals surface area contributed by atoms with Crippen molar-refractivity contribution < 1.29 is 9.59 Å². The molecule has 0 radical (unpaired) electrons. The van der Waals surface area contributed by atoms with Crippen LogP contribution in [0.15, 0.2) is 24.3 Å². The Kier molecular flexibility index (Phi) is 5.18. The van der Waals surface area contributed by atoms with Crippen LogP contribution in [0, 0.1) is 6.92 Å². The molecule has 2 N–H and O–H groups in total. The van der Waals surface area contributed by atoms with Gasteiger partial charge in [0.25, 0.3) is 5.91 Å². The number of hydrogen-bond acceptors (Lipinski definition) is 5. The third-order valence-electron chi connectivity index (χ3n) is 3.17. The van der Waals surface area contributed by atoms with E-state index in [0.29, 0.717) is 30.9 Å². The largest absolute Gasteiger partial charge is 0.355 e. The minimum absolute atomic E-state index is 0.0970. The van der Waals surface area contributed by atoms with E-state index in [1.54, 1.807) is 36.9 Å². The van der Waals surface area contributed by atoms with Crippen LogP contribution < -0.4 is 10.6 Å². The lowest BCUT2D eigenvalue weighted by molar-refractivity contribution is -0.121. The second-order valence-corrected chi connectivity index (χ2v) is 4.76. The quantitative estimate of drug-likeness (QED) is 0.785. The third-order valence-corrected chi connectivity index (χ3v) is 3.17. The number of carbonyl (C=O) groups excluding carboxylic acids is 2. The highest BCUT2D eigenvalue weighted by atomic mass is 16.2. The highest BCUT2D eigenvalue weighted by Crippen LogP contribution is 2.05. The molecule has 0 fully saturated rings. The molecule has 2 amide bonds. The molecule has 0 aliphatic carbocycles. The Hall–Kier alpha value is -2.77. The molecule has 0 saturated carbocycles. The number of aromatic nitrogens is 4. The average Bonchev–Trinajstić information content (AvgIpc) is 2.95. The van der Waals surface area contributed by atoms with Gasteiger partial charge in [0.2, 0.25) is 5.91 Å². The fourth-order valence-electron chi connectivity index (χ4n) is 1.92. The normalized spacial score (nSPS) is 10.3. The zero-order valence-corrected chi connectivity index (χ0v) is 12.5. The topological polar surface area (TPSA) is 102 Å². The standard InChI is InChI=1S/C14H18N6O2/c1-10-17-18-19-20(10)7-6-13(21)16-9-11-4-3-5-12(8-11)14(22)15-2/h3-5,8H,6-7,9H2,1-2H3,(H,15,22)(H,16,21). The van der Waals surface area contributed by atoms with Crippen molar-refractivity contribution in [3.8, 4) is 0 Å². The molecule has 2 aromatic rings. The maximum atomic E-state index is 11.8. The Balaban J connectivity index is 1.83. The SMILES string of the molecule is CNC(=O)c1cccc(CNC(=O)CCn2nnnc2C)c1. The van der Waals surface area contributed by atoms with Gasteiger partial charge in [0.15, 0.2) is 0 Å². The van der Waals surface area contributed by atoms with E-state index in [1.165, 1.54) is 0 Å². The second kappa shape index (κ2) is 7.30. The van der Waals surface area contributed by atoms with Crippen molar-refractivity contribution in [2.75, 3.05) is 7.05 Å². The van der Waals surface area contributed by atoms with Crippen LogP contribution in [0.25, 0.3) is 0 Å². The van der Waals surface area contributed by atoms with Crippen LogP contribution in [0.1, 0.15) is 28.2 Å². The number of rotatable bonds is 6. The maximum absolute atomic E-state index is 11.8. The van der Waals surface area contributed by atoms with E-state index in [1.807, 2.05) is 6.07 Å². The molecule has 0 unspecified atom stereocenters. The van der Waals surface area contributed by atoms with E-state index in [4.69, 9.17) is 0 Å². The van der Waals surface area contributed by atoms with E-state index >= 15 is 0 Å². The van der Waals surface area contributed by atoms with E-state index in [-0.39, 0.29) is 11.8 Å². The number of benzene rings is 1.